The Bertz CT molecular complexity index is 1350. The van der Waals surface area contributed by atoms with E-state index in [1.54, 1.807) is 32.2 Å². The van der Waals surface area contributed by atoms with Gasteiger partial charge in [0, 0.05) is 43.1 Å². The number of nitrogens with zero attached hydrogens (tertiary/aromatic N) is 2. The van der Waals surface area contributed by atoms with E-state index in [-0.39, 0.29) is 37.0 Å². The zero-order valence-electron chi connectivity index (χ0n) is 22.5. The molecule has 1 saturated heterocycles. The number of benzene rings is 2. The fourth-order valence-electron chi connectivity index (χ4n) is 6.10. The number of carboxylic acid groups (broad SMARTS) is 1. The summed E-state index contributed by atoms with van der Waals surface area (Å²) in [5.74, 6) is -1.69. The Morgan fingerprint density at radius 3 is 2.28 bits per heavy atom. The molecule has 1 aliphatic heterocycles. The summed E-state index contributed by atoms with van der Waals surface area (Å²) in [6.07, 6.45) is 1.91. The number of rotatable bonds is 10. The van der Waals surface area contributed by atoms with Crippen molar-refractivity contribution in [1.82, 2.24) is 13.9 Å². The minimum atomic E-state index is -3.87. The van der Waals surface area contributed by atoms with Crippen molar-refractivity contribution < 1.29 is 23.1 Å². The smallest absolute Gasteiger partial charge is 0.304 e. The SMILES string of the molecule is CN(C)S(=O)(=O)N(C)[C@](C[C@@H]1NC(=O)[C@](C)(CC(=O)O)C[C@@H]1c1cccc(Cl)c1)(c1ccc(Cl)cc1)C1CC1. The third-order valence-corrected chi connectivity index (χ3v) is 10.8. The Labute approximate surface area is 240 Å². The summed E-state index contributed by atoms with van der Waals surface area (Å²) in [6.45, 7) is 1.67. The highest BCUT2D eigenvalue weighted by Gasteiger charge is 2.56. The summed E-state index contributed by atoms with van der Waals surface area (Å²) in [5, 5.41) is 13.8. The van der Waals surface area contributed by atoms with Crippen LogP contribution in [-0.4, -0.2) is 61.2 Å². The first-order valence-electron chi connectivity index (χ1n) is 12.9. The van der Waals surface area contributed by atoms with Gasteiger partial charge in [-0.05, 0) is 67.0 Å². The van der Waals surface area contributed by atoms with Crippen molar-refractivity contribution in [2.45, 2.75) is 56.5 Å². The van der Waals surface area contributed by atoms with Gasteiger partial charge in [0.1, 0.15) is 0 Å². The van der Waals surface area contributed by atoms with Crippen LogP contribution in [0.5, 0.6) is 0 Å². The van der Waals surface area contributed by atoms with Crippen molar-refractivity contribution in [3.63, 3.8) is 0 Å². The van der Waals surface area contributed by atoms with Crippen LogP contribution < -0.4 is 5.32 Å². The van der Waals surface area contributed by atoms with Gasteiger partial charge in [0.15, 0.2) is 0 Å². The van der Waals surface area contributed by atoms with E-state index in [9.17, 15) is 23.1 Å². The Morgan fingerprint density at radius 2 is 1.74 bits per heavy atom. The van der Waals surface area contributed by atoms with Crippen LogP contribution in [0.3, 0.4) is 0 Å². The van der Waals surface area contributed by atoms with Crippen molar-refractivity contribution in [3.05, 3.63) is 69.7 Å². The van der Waals surface area contributed by atoms with Crippen LogP contribution in [0.15, 0.2) is 48.5 Å². The molecule has 1 saturated carbocycles. The molecule has 212 valence electrons. The number of aliphatic carboxylic acids is 1. The molecular formula is C28H35Cl2N3O5S. The highest BCUT2D eigenvalue weighted by Crippen LogP contribution is 2.55. The number of carbonyl (C=O) groups is 2. The van der Waals surface area contributed by atoms with Gasteiger partial charge in [0.05, 0.1) is 17.4 Å². The summed E-state index contributed by atoms with van der Waals surface area (Å²) in [7, 11) is 0.725. The van der Waals surface area contributed by atoms with Crippen molar-refractivity contribution in [1.29, 1.82) is 0 Å². The molecule has 0 aromatic heterocycles. The maximum atomic E-state index is 13.6. The molecule has 39 heavy (non-hydrogen) atoms. The predicted octanol–water partition coefficient (Wildman–Crippen LogP) is 4.88. The topological polar surface area (TPSA) is 107 Å². The van der Waals surface area contributed by atoms with Gasteiger partial charge in [-0.3, -0.25) is 9.59 Å². The van der Waals surface area contributed by atoms with Gasteiger partial charge in [-0.2, -0.15) is 17.0 Å². The normalized spacial score (nSPS) is 25.4. The van der Waals surface area contributed by atoms with Gasteiger partial charge in [-0.15, -0.1) is 0 Å². The van der Waals surface area contributed by atoms with E-state index in [0.717, 1.165) is 24.0 Å². The molecule has 1 amide bonds. The molecule has 0 spiro atoms. The lowest BCUT2D eigenvalue weighted by Crippen LogP contribution is -2.59. The second kappa shape index (κ2) is 11.0. The lowest BCUT2D eigenvalue weighted by atomic mass is 9.66. The van der Waals surface area contributed by atoms with E-state index in [1.807, 2.05) is 30.3 Å². The molecule has 0 radical (unpaired) electrons. The quantitative estimate of drug-likeness (QED) is 0.407. The molecule has 2 N–H and O–H groups in total. The van der Waals surface area contributed by atoms with Gasteiger partial charge < -0.3 is 10.4 Å². The molecule has 2 fully saturated rings. The Hall–Kier alpha value is -2.17. The van der Waals surface area contributed by atoms with E-state index in [0.29, 0.717) is 10.0 Å². The summed E-state index contributed by atoms with van der Waals surface area (Å²) >= 11 is 12.6. The van der Waals surface area contributed by atoms with Crippen LogP contribution >= 0.6 is 23.2 Å². The predicted molar refractivity (Wildman–Crippen MR) is 152 cm³/mol. The van der Waals surface area contributed by atoms with Crippen molar-refractivity contribution in [2.75, 3.05) is 21.1 Å². The zero-order valence-corrected chi connectivity index (χ0v) is 24.9. The maximum absolute atomic E-state index is 13.6. The summed E-state index contributed by atoms with van der Waals surface area (Å²) < 4.78 is 29.9. The number of nitrogens with one attached hydrogen (secondary N) is 1. The van der Waals surface area contributed by atoms with E-state index in [2.05, 4.69) is 5.32 Å². The molecule has 4 rings (SSSR count). The van der Waals surface area contributed by atoms with Gasteiger partial charge in [0.2, 0.25) is 5.91 Å². The first kappa shape index (κ1) is 29.8. The number of piperidine rings is 1. The lowest BCUT2D eigenvalue weighted by Gasteiger charge is -2.49. The minimum Gasteiger partial charge on any atom is -0.481 e. The number of hydrogen-bond donors (Lipinski definition) is 2. The second-order valence-corrected chi connectivity index (χ2v) is 14.3. The third-order valence-electron chi connectivity index (χ3n) is 8.34. The van der Waals surface area contributed by atoms with Crippen LogP contribution in [0.4, 0.5) is 0 Å². The third kappa shape index (κ3) is 5.84. The molecule has 1 aliphatic carbocycles. The van der Waals surface area contributed by atoms with Crippen LogP contribution in [0.25, 0.3) is 0 Å². The van der Waals surface area contributed by atoms with Crippen molar-refractivity contribution in [3.8, 4) is 0 Å². The van der Waals surface area contributed by atoms with E-state index >= 15 is 0 Å². The fourth-order valence-corrected chi connectivity index (χ4v) is 7.66. The van der Waals surface area contributed by atoms with Gasteiger partial charge in [-0.1, -0.05) is 54.4 Å². The standard InChI is InChI=1S/C28H35Cl2N3O5S/c1-27(17-25(34)35)15-23(18-6-5-7-22(30)14-18)24(31-26(27)36)16-28(19-8-9-19,20-10-12-21(29)13-11-20)33(4)39(37,38)32(2)3/h5-7,10-14,19,23-24H,8-9,15-17H2,1-4H3,(H,31,36)(H,34,35)/t23-,24+,27+,28+/m1/s1. The molecule has 0 bridgehead atoms. The van der Waals surface area contributed by atoms with Gasteiger partial charge in [0.25, 0.3) is 10.2 Å². The molecule has 8 nitrogen and oxygen atoms in total. The summed E-state index contributed by atoms with van der Waals surface area (Å²) in [5.41, 5.74) is -0.467. The summed E-state index contributed by atoms with van der Waals surface area (Å²) in [6, 6.07) is 14.1. The number of carbonyl (C=O) groups excluding carboxylic acids is 1. The molecule has 2 aromatic carbocycles. The first-order valence-corrected chi connectivity index (χ1v) is 15.1. The molecule has 1 heterocycles. The van der Waals surface area contributed by atoms with E-state index in [1.165, 1.54) is 22.7 Å². The van der Waals surface area contributed by atoms with E-state index < -0.39 is 33.2 Å². The first-order chi connectivity index (χ1) is 18.2. The number of amides is 1. The molecule has 0 unspecified atom stereocenters. The Balaban J connectivity index is 1.87. The summed E-state index contributed by atoms with van der Waals surface area (Å²) in [4.78, 5) is 25.2. The van der Waals surface area contributed by atoms with Crippen molar-refractivity contribution >= 4 is 45.3 Å². The second-order valence-electron chi connectivity index (χ2n) is 11.2. The molecule has 2 aliphatic rings. The number of halogens is 2. The molecular weight excluding hydrogens is 561 g/mol. The van der Waals surface area contributed by atoms with Crippen LogP contribution in [-0.2, 0) is 25.3 Å². The van der Waals surface area contributed by atoms with Gasteiger partial charge >= 0.3 is 5.97 Å². The number of hydrogen-bond acceptors (Lipinski definition) is 4. The van der Waals surface area contributed by atoms with E-state index in [4.69, 9.17) is 23.2 Å². The Morgan fingerprint density at radius 1 is 1.10 bits per heavy atom. The molecule has 11 heteroatoms. The largest absolute Gasteiger partial charge is 0.481 e. The minimum absolute atomic E-state index is 0.0163. The zero-order chi connectivity index (χ0) is 28.8. The fraction of sp³-hybridized carbons (Fsp3) is 0.500. The lowest BCUT2D eigenvalue weighted by molar-refractivity contribution is -0.147. The highest BCUT2D eigenvalue weighted by atomic mass is 35.5. The maximum Gasteiger partial charge on any atom is 0.304 e. The van der Waals surface area contributed by atoms with Crippen LogP contribution in [0.2, 0.25) is 10.0 Å². The molecule has 4 atom stereocenters. The highest BCUT2D eigenvalue weighted by molar-refractivity contribution is 7.86. The average molecular weight is 597 g/mol. The number of carboxylic acids is 1. The van der Waals surface area contributed by atoms with Gasteiger partial charge in [-0.25, -0.2) is 0 Å². The average Bonchev–Trinajstić information content (AvgIpc) is 3.70. The van der Waals surface area contributed by atoms with Crippen molar-refractivity contribution in [2.24, 2.45) is 11.3 Å². The monoisotopic (exact) mass is 595 g/mol. The molecule has 2 aromatic rings. The van der Waals surface area contributed by atoms with Crippen LogP contribution in [0, 0.1) is 11.3 Å². The van der Waals surface area contributed by atoms with Crippen LogP contribution in [0.1, 0.15) is 56.1 Å². The Kier molecular flexibility index (Phi) is 8.41.